The van der Waals surface area contributed by atoms with Crippen LogP contribution in [0.2, 0.25) is 5.02 Å². The lowest BCUT2D eigenvalue weighted by Crippen LogP contribution is -2.54. The molecular weight excluding hydrogens is 326 g/mol. The smallest absolute Gasteiger partial charge is 0.410 e. The van der Waals surface area contributed by atoms with Crippen LogP contribution < -0.4 is 5.73 Å². The molecule has 0 aliphatic carbocycles. The number of hydrogen-bond acceptors (Lipinski definition) is 4. The summed E-state index contributed by atoms with van der Waals surface area (Å²) in [7, 11) is 0. The number of rotatable bonds is 2. The highest BCUT2D eigenvalue weighted by Crippen LogP contribution is 2.25. The lowest BCUT2D eigenvalue weighted by molar-refractivity contribution is 0.000543. The van der Waals surface area contributed by atoms with E-state index in [2.05, 4.69) is 11.8 Å². The van der Waals surface area contributed by atoms with Crippen LogP contribution in [0.1, 0.15) is 38.8 Å². The number of nitrogen functional groups attached to an aromatic ring is 1. The minimum absolute atomic E-state index is 0.102. The monoisotopic (exact) mass is 353 g/mol. The summed E-state index contributed by atoms with van der Waals surface area (Å²) in [5.41, 5.74) is 8.46. The normalized spacial score (nSPS) is 19.4. The Morgan fingerprint density at radius 2 is 2.04 bits per heavy atom. The van der Waals surface area contributed by atoms with Crippen LogP contribution in [0.5, 0.6) is 0 Å². The van der Waals surface area contributed by atoms with Gasteiger partial charge in [-0.3, -0.25) is 4.90 Å². The fourth-order valence-electron chi connectivity index (χ4n) is 2.93. The summed E-state index contributed by atoms with van der Waals surface area (Å²) in [5, 5.41) is 0.661. The van der Waals surface area contributed by atoms with Crippen LogP contribution in [0.4, 0.5) is 10.5 Å². The summed E-state index contributed by atoms with van der Waals surface area (Å²) in [6.07, 6.45) is -0.238. The van der Waals surface area contributed by atoms with Gasteiger partial charge >= 0.3 is 6.09 Å². The first-order valence-electron chi connectivity index (χ1n) is 8.33. The van der Waals surface area contributed by atoms with Crippen molar-refractivity contribution in [3.05, 3.63) is 28.3 Å². The quantitative estimate of drug-likeness (QED) is 0.824. The molecule has 24 heavy (non-hydrogen) atoms. The summed E-state index contributed by atoms with van der Waals surface area (Å²) in [6.45, 7) is 12.8. The summed E-state index contributed by atoms with van der Waals surface area (Å²) < 4.78 is 5.49. The lowest BCUT2D eigenvalue weighted by atomic mass is 10.1. The molecule has 0 radical (unpaired) electrons. The minimum atomic E-state index is -0.469. The molecule has 0 aromatic heterocycles. The second-order valence-electron chi connectivity index (χ2n) is 7.54. The maximum Gasteiger partial charge on any atom is 0.410 e. The van der Waals surface area contributed by atoms with E-state index >= 15 is 0 Å². The number of carbonyl (C=O) groups excluding carboxylic acids is 1. The van der Waals surface area contributed by atoms with Crippen molar-refractivity contribution < 1.29 is 9.53 Å². The number of carbonyl (C=O) groups is 1. The fraction of sp³-hybridized carbons (Fsp3) is 0.611. The highest BCUT2D eigenvalue weighted by Gasteiger charge is 2.30. The second-order valence-corrected chi connectivity index (χ2v) is 7.97. The molecule has 6 heteroatoms. The third-order valence-corrected chi connectivity index (χ3v) is 4.47. The van der Waals surface area contributed by atoms with Gasteiger partial charge in [-0.2, -0.15) is 0 Å². The molecule has 0 unspecified atom stereocenters. The third kappa shape index (κ3) is 4.77. The Morgan fingerprint density at radius 1 is 1.38 bits per heavy atom. The number of amides is 1. The first kappa shape index (κ1) is 18.9. The van der Waals surface area contributed by atoms with Gasteiger partial charge < -0.3 is 15.4 Å². The molecule has 1 fully saturated rings. The molecular formula is C18H28ClN3O2. The van der Waals surface area contributed by atoms with Crippen molar-refractivity contribution in [1.82, 2.24) is 9.80 Å². The molecule has 2 N–H and O–H groups in total. The van der Waals surface area contributed by atoms with Gasteiger partial charge in [0.25, 0.3) is 0 Å². The zero-order valence-electron chi connectivity index (χ0n) is 15.2. The van der Waals surface area contributed by atoms with Crippen LogP contribution in [0.3, 0.4) is 0 Å². The molecule has 0 bridgehead atoms. The van der Waals surface area contributed by atoms with E-state index in [0.29, 0.717) is 11.6 Å². The maximum absolute atomic E-state index is 12.3. The first-order chi connectivity index (χ1) is 11.1. The zero-order valence-corrected chi connectivity index (χ0v) is 16.0. The van der Waals surface area contributed by atoms with E-state index in [-0.39, 0.29) is 12.1 Å². The zero-order chi connectivity index (χ0) is 18.1. The number of nitrogens with zero attached hydrogens (tertiary/aromatic N) is 2. The molecule has 1 aliphatic heterocycles. The van der Waals surface area contributed by atoms with Gasteiger partial charge in [-0.25, -0.2) is 4.79 Å². The van der Waals surface area contributed by atoms with Gasteiger partial charge in [0.2, 0.25) is 0 Å². The van der Waals surface area contributed by atoms with E-state index in [1.165, 1.54) is 0 Å². The maximum atomic E-state index is 12.3. The molecule has 1 atom stereocenters. The summed E-state index contributed by atoms with van der Waals surface area (Å²) >= 11 is 6.13. The van der Waals surface area contributed by atoms with Crippen molar-refractivity contribution in [3.63, 3.8) is 0 Å². The number of benzene rings is 1. The lowest BCUT2D eigenvalue weighted by Gasteiger charge is -2.40. The Morgan fingerprint density at radius 3 is 2.62 bits per heavy atom. The molecule has 1 saturated heterocycles. The number of nitrogens with two attached hydrogens (primary N) is 1. The van der Waals surface area contributed by atoms with E-state index in [1.54, 1.807) is 11.0 Å². The molecule has 2 rings (SSSR count). The van der Waals surface area contributed by atoms with Crippen LogP contribution in [0.25, 0.3) is 0 Å². The minimum Gasteiger partial charge on any atom is -0.444 e. The number of anilines is 1. The van der Waals surface area contributed by atoms with Crippen LogP contribution in [0, 0.1) is 6.92 Å². The summed E-state index contributed by atoms with van der Waals surface area (Å²) in [4.78, 5) is 16.4. The SMILES string of the molecule is Cc1c(N)cc(Cl)cc1CN1CCN(C(=O)OC(C)(C)C)[C@H](C)C1. The fourth-order valence-corrected chi connectivity index (χ4v) is 3.18. The molecule has 134 valence electrons. The Hall–Kier alpha value is -1.46. The molecule has 1 aliphatic rings. The Bertz CT molecular complexity index is 613. The molecule has 1 aromatic rings. The average Bonchev–Trinajstić information content (AvgIpc) is 2.42. The van der Waals surface area contributed by atoms with Gasteiger partial charge in [-0.05, 0) is 57.9 Å². The predicted molar refractivity (Wildman–Crippen MR) is 98.3 cm³/mol. The Labute approximate surface area is 149 Å². The van der Waals surface area contributed by atoms with Crippen molar-refractivity contribution in [2.45, 2.75) is 52.8 Å². The first-order valence-corrected chi connectivity index (χ1v) is 8.71. The largest absolute Gasteiger partial charge is 0.444 e. The number of piperazine rings is 1. The Kier molecular flexibility index (Phi) is 5.66. The van der Waals surface area contributed by atoms with Crippen molar-refractivity contribution in [2.75, 3.05) is 25.4 Å². The molecule has 1 amide bonds. The Balaban J connectivity index is 2.00. The molecule has 1 heterocycles. The van der Waals surface area contributed by atoms with Crippen LogP contribution >= 0.6 is 11.6 Å². The van der Waals surface area contributed by atoms with Gasteiger partial charge in [-0.1, -0.05) is 11.6 Å². The van der Waals surface area contributed by atoms with Gasteiger partial charge in [0.1, 0.15) is 5.60 Å². The van der Waals surface area contributed by atoms with Gasteiger partial charge in [0.05, 0.1) is 0 Å². The van der Waals surface area contributed by atoms with Crippen LogP contribution in [-0.4, -0.2) is 47.2 Å². The molecule has 1 aromatic carbocycles. The van der Waals surface area contributed by atoms with Crippen LogP contribution in [0.15, 0.2) is 12.1 Å². The summed E-state index contributed by atoms with van der Waals surface area (Å²) in [5.74, 6) is 0. The second kappa shape index (κ2) is 7.19. The molecule has 0 saturated carbocycles. The van der Waals surface area contributed by atoms with Crippen molar-refractivity contribution in [3.8, 4) is 0 Å². The number of halogens is 1. The van der Waals surface area contributed by atoms with E-state index in [9.17, 15) is 4.79 Å². The van der Waals surface area contributed by atoms with Crippen LogP contribution in [-0.2, 0) is 11.3 Å². The summed E-state index contributed by atoms with van der Waals surface area (Å²) in [6, 6.07) is 3.85. The average molecular weight is 354 g/mol. The standard InChI is InChI=1S/C18H28ClN3O2/c1-12-10-21(6-7-22(12)17(23)24-18(3,4)5)11-14-8-15(19)9-16(20)13(14)2/h8-9,12H,6-7,10-11,20H2,1-5H3/t12-/m1/s1. The molecule has 5 nitrogen and oxygen atoms in total. The highest BCUT2D eigenvalue weighted by molar-refractivity contribution is 6.31. The van der Waals surface area contributed by atoms with Gasteiger partial charge in [0, 0.05) is 42.9 Å². The van der Waals surface area contributed by atoms with E-state index < -0.39 is 5.60 Å². The third-order valence-electron chi connectivity index (χ3n) is 4.25. The van der Waals surface area contributed by atoms with Gasteiger partial charge in [-0.15, -0.1) is 0 Å². The van der Waals surface area contributed by atoms with Crippen molar-refractivity contribution in [1.29, 1.82) is 0 Å². The predicted octanol–water partition coefficient (Wildman–Crippen LogP) is 3.67. The van der Waals surface area contributed by atoms with E-state index in [4.69, 9.17) is 22.1 Å². The van der Waals surface area contributed by atoms with Gasteiger partial charge in [0.15, 0.2) is 0 Å². The van der Waals surface area contributed by atoms with Crippen molar-refractivity contribution in [2.24, 2.45) is 0 Å². The number of hydrogen-bond donors (Lipinski definition) is 1. The van der Waals surface area contributed by atoms with E-state index in [0.717, 1.165) is 36.4 Å². The highest BCUT2D eigenvalue weighted by atomic mass is 35.5. The van der Waals surface area contributed by atoms with Crippen molar-refractivity contribution >= 4 is 23.4 Å². The molecule has 0 spiro atoms. The topological polar surface area (TPSA) is 58.8 Å². The van der Waals surface area contributed by atoms with E-state index in [1.807, 2.05) is 33.8 Å². The number of ether oxygens (including phenoxy) is 1.